The number of piperidine rings is 1. The van der Waals surface area contributed by atoms with Gasteiger partial charge in [-0.3, -0.25) is 0 Å². The van der Waals surface area contributed by atoms with E-state index >= 15 is 0 Å². The van der Waals surface area contributed by atoms with Gasteiger partial charge in [0.15, 0.2) is 0 Å². The Bertz CT molecular complexity index is 380. The first-order valence-electron chi connectivity index (χ1n) is 6.59. The molecule has 1 heterocycles. The lowest BCUT2D eigenvalue weighted by atomic mass is 10.0. The number of carbonyl (C=O) groups excluding carboxylic acids is 1. The third kappa shape index (κ3) is 3.32. The molecule has 0 atom stereocenters. The lowest BCUT2D eigenvalue weighted by Gasteiger charge is -2.30. The monoisotopic (exact) mass is 231 g/mol. The second kappa shape index (κ2) is 5.85. The van der Waals surface area contributed by atoms with Crippen LogP contribution >= 0.6 is 0 Å². The zero-order valence-corrected chi connectivity index (χ0v) is 10.6. The molecule has 0 spiro atoms. The molecule has 2 rings (SSSR count). The minimum atomic E-state index is 0.276. The van der Waals surface area contributed by atoms with Crippen molar-refractivity contribution in [3.05, 3.63) is 29.8 Å². The van der Waals surface area contributed by atoms with E-state index < -0.39 is 0 Å². The molecule has 2 nitrogen and oxygen atoms in total. The molecular weight excluding hydrogens is 210 g/mol. The molecule has 1 aromatic rings. The van der Waals surface area contributed by atoms with Gasteiger partial charge >= 0.3 is 0 Å². The lowest BCUT2D eigenvalue weighted by Crippen LogP contribution is -2.30. The summed E-state index contributed by atoms with van der Waals surface area (Å²) in [6.45, 7) is 4.00. The highest BCUT2D eigenvalue weighted by atomic mass is 16.1. The number of para-hydroxylation sites is 1. The summed E-state index contributed by atoms with van der Waals surface area (Å²) in [7, 11) is 0. The topological polar surface area (TPSA) is 20.3 Å². The number of benzene rings is 1. The second-order valence-electron chi connectivity index (χ2n) is 4.88. The quantitative estimate of drug-likeness (QED) is 0.793. The number of carbonyl (C=O) groups is 1. The van der Waals surface area contributed by atoms with Gasteiger partial charge in [-0.25, -0.2) is 0 Å². The Morgan fingerprint density at radius 2 is 1.88 bits per heavy atom. The lowest BCUT2D eigenvalue weighted by molar-refractivity contribution is -0.116. The van der Waals surface area contributed by atoms with E-state index in [0.29, 0.717) is 6.42 Å². The smallest absolute Gasteiger partial charge is 0.130 e. The summed E-state index contributed by atoms with van der Waals surface area (Å²) in [5.74, 6) is 0.276. The van der Waals surface area contributed by atoms with Crippen LogP contribution in [-0.4, -0.2) is 18.9 Å². The second-order valence-corrected chi connectivity index (χ2v) is 4.88. The molecule has 1 aliphatic rings. The summed E-state index contributed by atoms with van der Waals surface area (Å²) >= 11 is 0. The Hall–Kier alpha value is -1.31. The molecule has 0 amide bonds. The number of nitrogens with zero attached hydrogens (tertiary/aromatic N) is 1. The van der Waals surface area contributed by atoms with E-state index in [4.69, 9.17) is 0 Å². The number of anilines is 1. The number of ketones is 1. The fourth-order valence-corrected chi connectivity index (χ4v) is 2.48. The Balaban J connectivity index is 2.11. The maximum atomic E-state index is 11.1. The van der Waals surface area contributed by atoms with E-state index in [2.05, 4.69) is 29.2 Å². The highest BCUT2D eigenvalue weighted by Crippen LogP contribution is 2.25. The fraction of sp³-hybridized carbons (Fsp3) is 0.533. The molecule has 1 fully saturated rings. The van der Waals surface area contributed by atoms with E-state index in [1.165, 1.54) is 30.5 Å². The van der Waals surface area contributed by atoms with Gasteiger partial charge in [-0.05, 0) is 44.2 Å². The largest absolute Gasteiger partial charge is 0.371 e. The minimum Gasteiger partial charge on any atom is -0.371 e. The normalized spacial score (nSPS) is 15.9. The average molecular weight is 231 g/mol. The molecule has 0 N–H and O–H groups in total. The van der Waals surface area contributed by atoms with Gasteiger partial charge in [0.2, 0.25) is 0 Å². The number of hydrogen-bond acceptors (Lipinski definition) is 2. The summed E-state index contributed by atoms with van der Waals surface area (Å²) in [5, 5.41) is 0. The van der Waals surface area contributed by atoms with Gasteiger partial charge < -0.3 is 9.69 Å². The minimum absolute atomic E-state index is 0.276. The van der Waals surface area contributed by atoms with Crippen LogP contribution in [0.1, 0.15) is 38.2 Å². The van der Waals surface area contributed by atoms with Crippen LogP contribution < -0.4 is 4.90 Å². The summed E-state index contributed by atoms with van der Waals surface area (Å²) in [6, 6.07) is 8.53. The van der Waals surface area contributed by atoms with E-state index in [0.717, 1.165) is 19.5 Å². The number of aryl methyl sites for hydroxylation is 1. The molecule has 1 saturated heterocycles. The predicted molar refractivity (Wildman–Crippen MR) is 71.5 cm³/mol. The molecule has 17 heavy (non-hydrogen) atoms. The van der Waals surface area contributed by atoms with E-state index in [1.807, 2.05) is 0 Å². The average Bonchev–Trinajstić information content (AvgIpc) is 2.38. The highest BCUT2D eigenvalue weighted by molar-refractivity contribution is 5.76. The van der Waals surface area contributed by atoms with Gasteiger partial charge in [0.1, 0.15) is 5.78 Å². The summed E-state index contributed by atoms with van der Waals surface area (Å²) in [5.41, 5.74) is 2.66. The van der Waals surface area contributed by atoms with Crippen LogP contribution in [0.25, 0.3) is 0 Å². The molecule has 0 unspecified atom stereocenters. The Kier molecular flexibility index (Phi) is 4.18. The molecule has 92 valence electrons. The van der Waals surface area contributed by atoms with Crippen LogP contribution in [0.2, 0.25) is 0 Å². The summed E-state index contributed by atoms with van der Waals surface area (Å²) < 4.78 is 0. The van der Waals surface area contributed by atoms with Crippen molar-refractivity contribution in [1.82, 2.24) is 0 Å². The molecule has 0 aromatic heterocycles. The van der Waals surface area contributed by atoms with Gasteiger partial charge in [0.05, 0.1) is 0 Å². The number of rotatable bonds is 4. The fourth-order valence-electron chi connectivity index (χ4n) is 2.48. The molecule has 0 saturated carbocycles. The third-order valence-electron chi connectivity index (χ3n) is 3.43. The first kappa shape index (κ1) is 12.2. The van der Waals surface area contributed by atoms with Crippen LogP contribution in [0, 0.1) is 0 Å². The Morgan fingerprint density at radius 1 is 1.18 bits per heavy atom. The first-order chi connectivity index (χ1) is 8.27. The van der Waals surface area contributed by atoms with Crippen LogP contribution in [0.15, 0.2) is 24.3 Å². The molecule has 0 radical (unpaired) electrons. The van der Waals surface area contributed by atoms with Crippen molar-refractivity contribution in [2.45, 2.75) is 39.0 Å². The SMILES string of the molecule is CC(=O)CCc1ccccc1N1CCCCC1. The number of hydrogen-bond donors (Lipinski definition) is 0. The van der Waals surface area contributed by atoms with Crippen molar-refractivity contribution in [3.63, 3.8) is 0 Å². The molecule has 0 bridgehead atoms. The van der Waals surface area contributed by atoms with Crippen molar-refractivity contribution >= 4 is 11.5 Å². The van der Waals surface area contributed by atoms with E-state index in [1.54, 1.807) is 6.92 Å². The van der Waals surface area contributed by atoms with Crippen molar-refractivity contribution in [2.24, 2.45) is 0 Å². The van der Waals surface area contributed by atoms with Gasteiger partial charge in [0, 0.05) is 25.2 Å². The van der Waals surface area contributed by atoms with Crippen molar-refractivity contribution in [3.8, 4) is 0 Å². The first-order valence-corrected chi connectivity index (χ1v) is 6.59. The number of Topliss-reactive ketones (excluding diaryl/α,β-unsaturated/α-hetero) is 1. The predicted octanol–water partition coefficient (Wildman–Crippen LogP) is 3.20. The zero-order valence-electron chi connectivity index (χ0n) is 10.6. The molecule has 1 aromatic carbocycles. The Labute approximate surface area is 104 Å². The van der Waals surface area contributed by atoms with Gasteiger partial charge in [0.25, 0.3) is 0 Å². The maximum Gasteiger partial charge on any atom is 0.130 e. The maximum absolute atomic E-state index is 11.1. The van der Waals surface area contributed by atoms with Crippen LogP contribution in [0.4, 0.5) is 5.69 Å². The molecule has 1 aliphatic heterocycles. The van der Waals surface area contributed by atoms with Crippen molar-refractivity contribution in [2.75, 3.05) is 18.0 Å². The van der Waals surface area contributed by atoms with Gasteiger partial charge in [-0.1, -0.05) is 18.2 Å². The van der Waals surface area contributed by atoms with Crippen molar-refractivity contribution in [1.29, 1.82) is 0 Å². The third-order valence-corrected chi connectivity index (χ3v) is 3.43. The van der Waals surface area contributed by atoms with Gasteiger partial charge in [-0.15, -0.1) is 0 Å². The molecule has 0 aliphatic carbocycles. The highest BCUT2D eigenvalue weighted by Gasteiger charge is 2.13. The standard InChI is InChI=1S/C15H21NO/c1-13(17)9-10-14-7-3-4-8-15(14)16-11-5-2-6-12-16/h3-4,7-8H,2,5-6,9-12H2,1H3. The molecule has 2 heteroatoms. The van der Waals surface area contributed by atoms with Crippen molar-refractivity contribution < 1.29 is 4.79 Å². The van der Waals surface area contributed by atoms with E-state index in [9.17, 15) is 4.79 Å². The van der Waals surface area contributed by atoms with E-state index in [-0.39, 0.29) is 5.78 Å². The van der Waals surface area contributed by atoms with Crippen LogP contribution in [-0.2, 0) is 11.2 Å². The molecular formula is C15H21NO. The summed E-state index contributed by atoms with van der Waals surface area (Å²) in [4.78, 5) is 13.6. The zero-order chi connectivity index (χ0) is 12.1. The summed E-state index contributed by atoms with van der Waals surface area (Å²) in [6.07, 6.45) is 5.47. The van der Waals surface area contributed by atoms with Crippen LogP contribution in [0.5, 0.6) is 0 Å². The van der Waals surface area contributed by atoms with Gasteiger partial charge in [-0.2, -0.15) is 0 Å². The van der Waals surface area contributed by atoms with Crippen LogP contribution in [0.3, 0.4) is 0 Å². The Morgan fingerprint density at radius 3 is 2.59 bits per heavy atom.